The third-order valence-electron chi connectivity index (χ3n) is 2.90. The number of hydrogen-bond acceptors (Lipinski definition) is 2. The zero-order valence-corrected chi connectivity index (χ0v) is 13.2. The van der Waals surface area contributed by atoms with Crippen LogP contribution in [0.2, 0.25) is 0 Å². The van der Waals surface area contributed by atoms with Crippen LogP contribution in [0.3, 0.4) is 0 Å². The van der Waals surface area contributed by atoms with Crippen molar-refractivity contribution in [1.29, 1.82) is 0 Å². The first kappa shape index (κ1) is 16.6. The molecule has 2 nitrogen and oxygen atoms in total. The normalized spacial score (nSPS) is 13.9. The van der Waals surface area contributed by atoms with Crippen LogP contribution in [0, 0.1) is 0 Å². The number of halogens is 3. The van der Waals surface area contributed by atoms with Gasteiger partial charge in [0.1, 0.15) is 6.61 Å². The van der Waals surface area contributed by atoms with Gasteiger partial charge in [0.25, 0.3) is 0 Å². The summed E-state index contributed by atoms with van der Waals surface area (Å²) in [5.41, 5.74) is 2.07. The molecule has 0 spiro atoms. The van der Waals surface area contributed by atoms with E-state index in [1.54, 1.807) is 0 Å². The highest BCUT2D eigenvalue weighted by Crippen LogP contribution is 2.35. The molecule has 0 aliphatic carbocycles. The van der Waals surface area contributed by atoms with Gasteiger partial charge >= 0.3 is 5.43 Å². The van der Waals surface area contributed by atoms with Gasteiger partial charge in [-0.2, -0.15) is 0 Å². The summed E-state index contributed by atoms with van der Waals surface area (Å²) in [6.45, 7) is 4.18. The Hall–Kier alpha value is -0.440. The van der Waals surface area contributed by atoms with E-state index in [1.807, 2.05) is 32.0 Å². The molecule has 1 rings (SSSR count). The molecule has 2 unspecified atom stereocenters. The fourth-order valence-corrected chi connectivity index (χ4v) is 2.29. The molecule has 0 saturated heterocycles. The highest BCUT2D eigenvalue weighted by atomic mass is 35.5. The molecule has 0 aliphatic rings. The first-order chi connectivity index (χ1) is 8.99. The van der Waals surface area contributed by atoms with Crippen LogP contribution < -0.4 is 0 Å². The second-order valence-electron chi connectivity index (χ2n) is 4.24. The van der Waals surface area contributed by atoms with Gasteiger partial charge in [-0.1, -0.05) is 32.0 Å². The third kappa shape index (κ3) is 4.87. The van der Waals surface area contributed by atoms with Gasteiger partial charge in [0.05, 0.1) is 10.8 Å². The molecule has 1 aromatic carbocycles. The maximum atomic E-state index is 10.6. The van der Waals surface area contributed by atoms with Crippen molar-refractivity contribution in [3.63, 3.8) is 0 Å². The zero-order chi connectivity index (χ0) is 14.4. The van der Waals surface area contributed by atoms with Gasteiger partial charge in [-0.15, -0.1) is 23.2 Å². The largest absolute Gasteiger partial charge is 0.449 e. The van der Waals surface area contributed by atoms with E-state index >= 15 is 0 Å². The summed E-state index contributed by atoms with van der Waals surface area (Å²) in [4.78, 5) is 10.6. The lowest BCUT2D eigenvalue weighted by atomic mass is 9.96. The molecule has 0 aromatic heterocycles. The predicted octanol–water partition coefficient (Wildman–Crippen LogP) is 5.94. The standard InChI is InChI=1S/C14H17Cl3O2/c1-3-12(15)10-6-5-9(8-19-14(17)18)7-11(10)13(16)4-2/h5-7,12-13H,3-4,8H2,1-2H3. The molecular weight excluding hydrogens is 307 g/mol. The monoisotopic (exact) mass is 322 g/mol. The third-order valence-corrected chi connectivity index (χ3v) is 4.09. The minimum Gasteiger partial charge on any atom is -0.449 e. The van der Waals surface area contributed by atoms with Gasteiger partial charge in [-0.05, 0) is 29.5 Å². The summed E-state index contributed by atoms with van der Waals surface area (Å²) in [6, 6.07) is 5.75. The van der Waals surface area contributed by atoms with Crippen LogP contribution >= 0.6 is 34.8 Å². The number of benzene rings is 1. The average molecular weight is 324 g/mol. The minimum absolute atomic E-state index is 0.0626. The average Bonchev–Trinajstić information content (AvgIpc) is 2.43. The number of alkyl halides is 2. The molecule has 0 radical (unpaired) electrons. The van der Waals surface area contributed by atoms with E-state index in [-0.39, 0.29) is 17.4 Å². The highest BCUT2D eigenvalue weighted by Gasteiger charge is 2.17. The van der Waals surface area contributed by atoms with Gasteiger partial charge < -0.3 is 4.74 Å². The van der Waals surface area contributed by atoms with Crippen LogP contribution in [0.15, 0.2) is 18.2 Å². The summed E-state index contributed by atoms with van der Waals surface area (Å²) in [5.74, 6) is 0. The Morgan fingerprint density at radius 2 is 1.74 bits per heavy atom. The second kappa shape index (κ2) is 7.98. The van der Waals surface area contributed by atoms with Crippen molar-refractivity contribution in [1.82, 2.24) is 0 Å². The molecule has 5 heteroatoms. The molecule has 0 bridgehead atoms. The van der Waals surface area contributed by atoms with Crippen LogP contribution in [0.5, 0.6) is 0 Å². The Morgan fingerprint density at radius 1 is 1.16 bits per heavy atom. The molecule has 106 valence electrons. The van der Waals surface area contributed by atoms with E-state index in [0.29, 0.717) is 0 Å². The summed E-state index contributed by atoms with van der Waals surface area (Å²) in [7, 11) is 0. The van der Waals surface area contributed by atoms with Crippen molar-refractivity contribution in [2.45, 2.75) is 44.1 Å². The van der Waals surface area contributed by atoms with Gasteiger partial charge in [-0.3, -0.25) is 0 Å². The van der Waals surface area contributed by atoms with Crippen molar-refractivity contribution in [3.05, 3.63) is 34.9 Å². The molecular formula is C14H17Cl3O2. The summed E-state index contributed by atoms with van der Waals surface area (Å²) >= 11 is 17.8. The number of ether oxygens (including phenoxy) is 1. The molecule has 0 N–H and O–H groups in total. The lowest BCUT2D eigenvalue weighted by molar-refractivity contribution is 0.167. The predicted molar refractivity (Wildman–Crippen MR) is 80.3 cm³/mol. The number of carbonyl (C=O) groups is 1. The Bertz CT molecular complexity index is 435. The van der Waals surface area contributed by atoms with Crippen LogP contribution in [0.1, 0.15) is 54.1 Å². The second-order valence-corrected chi connectivity index (χ2v) is 5.60. The quantitative estimate of drug-likeness (QED) is 0.478. The van der Waals surface area contributed by atoms with Crippen molar-refractivity contribution >= 4 is 40.2 Å². The van der Waals surface area contributed by atoms with E-state index in [2.05, 4.69) is 0 Å². The maximum Gasteiger partial charge on any atom is 0.404 e. The minimum atomic E-state index is -0.813. The van der Waals surface area contributed by atoms with Gasteiger partial charge in [-0.25, -0.2) is 4.79 Å². The van der Waals surface area contributed by atoms with Gasteiger partial charge in [0.2, 0.25) is 0 Å². The van der Waals surface area contributed by atoms with Gasteiger partial charge in [0, 0.05) is 11.6 Å². The first-order valence-corrected chi connectivity index (χ1v) is 7.47. The van der Waals surface area contributed by atoms with Crippen molar-refractivity contribution < 1.29 is 9.53 Å². The molecule has 19 heavy (non-hydrogen) atoms. The van der Waals surface area contributed by atoms with Crippen LogP contribution in [0.4, 0.5) is 4.79 Å². The van der Waals surface area contributed by atoms with Crippen molar-refractivity contribution in [2.75, 3.05) is 0 Å². The summed E-state index contributed by atoms with van der Waals surface area (Å²) in [6.07, 6.45) is 1.64. The van der Waals surface area contributed by atoms with E-state index in [4.69, 9.17) is 39.5 Å². The van der Waals surface area contributed by atoms with E-state index in [1.165, 1.54) is 0 Å². The Morgan fingerprint density at radius 3 is 2.26 bits per heavy atom. The summed E-state index contributed by atoms with van der Waals surface area (Å²) in [5, 5.41) is -0.165. The molecule has 0 saturated carbocycles. The molecule has 1 aromatic rings. The molecule has 0 fully saturated rings. The lowest BCUT2D eigenvalue weighted by Crippen LogP contribution is -2.02. The number of rotatable bonds is 6. The topological polar surface area (TPSA) is 26.3 Å². The summed E-state index contributed by atoms with van der Waals surface area (Å²) < 4.78 is 4.77. The Balaban J connectivity index is 3.04. The Labute approximate surface area is 129 Å². The fraction of sp³-hybridized carbons (Fsp3) is 0.500. The SMILES string of the molecule is CCC(Cl)c1ccc(COC(=O)Cl)cc1C(Cl)CC. The van der Waals surface area contributed by atoms with Gasteiger partial charge in [0.15, 0.2) is 0 Å². The van der Waals surface area contributed by atoms with E-state index in [9.17, 15) is 4.79 Å². The first-order valence-electron chi connectivity index (χ1n) is 6.22. The number of hydrogen-bond donors (Lipinski definition) is 0. The molecule has 0 aliphatic heterocycles. The lowest BCUT2D eigenvalue weighted by Gasteiger charge is -2.18. The van der Waals surface area contributed by atoms with Crippen molar-refractivity contribution in [2.24, 2.45) is 0 Å². The van der Waals surface area contributed by atoms with Crippen molar-refractivity contribution in [3.8, 4) is 0 Å². The molecule has 0 heterocycles. The zero-order valence-electron chi connectivity index (χ0n) is 11.0. The molecule has 0 amide bonds. The highest BCUT2D eigenvalue weighted by molar-refractivity contribution is 6.61. The van der Waals surface area contributed by atoms with E-state index < -0.39 is 5.43 Å². The van der Waals surface area contributed by atoms with Crippen LogP contribution in [-0.2, 0) is 11.3 Å². The van der Waals surface area contributed by atoms with E-state index in [0.717, 1.165) is 29.5 Å². The Kier molecular flexibility index (Phi) is 6.98. The molecule has 2 atom stereocenters. The van der Waals surface area contributed by atoms with Crippen LogP contribution in [-0.4, -0.2) is 5.43 Å². The fourth-order valence-electron chi connectivity index (χ4n) is 1.85. The maximum absolute atomic E-state index is 10.6. The van der Waals surface area contributed by atoms with Crippen LogP contribution in [0.25, 0.3) is 0 Å². The number of carbonyl (C=O) groups excluding carboxylic acids is 1. The smallest absolute Gasteiger partial charge is 0.404 e.